The van der Waals surface area contributed by atoms with Crippen molar-refractivity contribution in [2.75, 3.05) is 26.4 Å². The molecule has 4 N–H and O–H groups in total. The van der Waals surface area contributed by atoms with Crippen molar-refractivity contribution in [3.63, 3.8) is 0 Å². The van der Waals surface area contributed by atoms with Crippen molar-refractivity contribution in [2.24, 2.45) is 0 Å². The zero-order valence-electron chi connectivity index (χ0n) is 20.9. The molecule has 0 aliphatic heterocycles. The summed E-state index contributed by atoms with van der Waals surface area (Å²) < 4.78 is 53.1. The van der Waals surface area contributed by atoms with Gasteiger partial charge in [-0.25, -0.2) is 0 Å². The van der Waals surface area contributed by atoms with E-state index in [1.807, 2.05) is 12.1 Å². The Bertz CT molecular complexity index is 1370. The summed E-state index contributed by atoms with van der Waals surface area (Å²) in [6.45, 7) is 1.83. The molecule has 0 atom stereocenters. The largest absolute Gasteiger partial charge is 0.573 e. The molecule has 39 heavy (non-hydrogen) atoms. The molecule has 13 heteroatoms. The third kappa shape index (κ3) is 8.53. The molecular formula is C26H28F3N5O5. The van der Waals surface area contributed by atoms with E-state index in [9.17, 15) is 23.4 Å². The molecule has 208 valence electrons. The van der Waals surface area contributed by atoms with Gasteiger partial charge in [-0.05, 0) is 60.3 Å². The normalized spacial score (nSPS) is 11.7. The van der Waals surface area contributed by atoms with Gasteiger partial charge in [0.2, 0.25) is 5.88 Å². The number of unbranched alkanes of at least 4 members (excludes halogenated alkanes) is 1. The SMILES string of the molecule is OCc1cc(CNCCCCOCCOc2cc(-c3cnnc(O)c3)cc3[nH]ncc23)cc(OC(F)(F)F)c1. The highest BCUT2D eigenvalue weighted by atomic mass is 19.4. The fourth-order valence-electron chi connectivity index (χ4n) is 3.93. The first-order chi connectivity index (χ1) is 18.8. The van der Waals surface area contributed by atoms with Crippen LogP contribution in [0.3, 0.4) is 0 Å². The molecule has 10 nitrogen and oxygen atoms in total. The smallest absolute Gasteiger partial charge is 0.492 e. The molecule has 0 bridgehead atoms. The molecule has 0 aliphatic rings. The van der Waals surface area contributed by atoms with Crippen LogP contribution in [0.2, 0.25) is 0 Å². The minimum Gasteiger partial charge on any atom is -0.492 e. The molecule has 0 amide bonds. The second kappa shape index (κ2) is 13.2. The lowest BCUT2D eigenvalue weighted by Crippen LogP contribution is -2.18. The third-order valence-electron chi connectivity index (χ3n) is 5.64. The van der Waals surface area contributed by atoms with Crippen LogP contribution in [-0.2, 0) is 17.9 Å². The van der Waals surface area contributed by atoms with Crippen molar-refractivity contribution in [2.45, 2.75) is 32.4 Å². The van der Waals surface area contributed by atoms with Crippen molar-refractivity contribution in [1.29, 1.82) is 0 Å². The van der Waals surface area contributed by atoms with Crippen LogP contribution < -0.4 is 14.8 Å². The Balaban J connectivity index is 1.15. The van der Waals surface area contributed by atoms with Crippen LogP contribution >= 0.6 is 0 Å². The van der Waals surface area contributed by atoms with Crippen LogP contribution in [0.25, 0.3) is 22.0 Å². The number of rotatable bonds is 14. The molecule has 2 aromatic carbocycles. The number of aromatic hydroxyl groups is 1. The lowest BCUT2D eigenvalue weighted by Gasteiger charge is -2.12. The number of alkyl halides is 3. The average molecular weight is 548 g/mol. The van der Waals surface area contributed by atoms with Gasteiger partial charge in [0.05, 0.1) is 36.5 Å². The molecule has 0 radical (unpaired) electrons. The topological polar surface area (TPSA) is 135 Å². The number of fused-ring (bicyclic) bond motifs is 1. The van der Waals surface area contributed by atoms with Crippen molar-refractivity contribution in [3.8, 4) is 28.5 Å². The van der Waals surface area contributed by atoms with Crippen LogP contribution in [0.15, 0.2) is 48.8 Å². The molecule has 4 rings (SSSR count). The number of aromatic nitrogens is 4. The lowest BCUT2D eigenvalue weighted by atomic mass is 10.1. The maximum absolute atomic E-state index is 12.5. The number of hydrogen-bond donors (Lipinski definition) is 4. The van der Waals surface area contributed by atoms with Crippen LogP contribution in [0.5, 0.6) is 17.4 Å². The van der Waals surface area contributed by atoms with E-state index in [-0.39, 0.29) is 18.2 Å². The Morgan fingerprint density at radius 1 is 0.923 bits per heavy atom. The van der Waals surface area contributed by atoms with Crippen molar-refractivity contribution >= 4 is 10.9 Å². The number of ether oxygens (including phenoxy) is 3. The quantitative estimate of drug-likeness (QED) is 0.172. The fourth-order valence-corrected chi connectivity index (χ4v) is 3.93. The molecule has 0 spiro atoms. The summed E-state index contributed by atoms with van der Waals surface area (Å²) in [6.07, 6.45) is 0.0185. The van der Waals surface area contributed by atoms with Crippen molar-refractivity contribution in [3.05, 3.63) is 59.9 Å². The van der Waals surface area contributed by atoms with Gasteiger partial charge in [0.1, 0.15) is 18.1 Å². The first-order valence-electron chi connectivity index (χ1n) is 12.2. The van der Waals surface area contributed by atoms with E-state index in [4.69, 9.17) is 9.47 Å². The number of hydrogen-bond acceptors (Lipinski definition) is 9. The number of benzene rings is 2. The minimum atomic E-state index is -4.79. The summed E-state index contributed by atoms with van der Waals surface area (Å²) in [6, 6.07) is 9.33. The molecular weight excluding hydrogens is 519 g/mol. The molecule has 2 heterocycles. The Morgan fingerprint density at radius 2 is 1.77 bits per heavy atom. The Labute approximate surface area is 221 Å². The van der Waals surface area contributed by atoms with Crippen molar-refractivity contribution in [1.82, 2.24) is 25.7 Å². The van der Waals surface area contributed by atoms with E-state index >= 15 is 0 Å². The molecule has 2 aromatic heterocycles. The Morgan fingerprint density at radius 3 is 2.56 bits per heavy atom. The van der Waals surface area contributed by atoms with Crippen LogP contribution in [0.4, 0.5) is 13.2 Å². The number of aliphatic hydroxyl groups excluding tert-OH is 1. The average Bonchev–Trinajstić information content (AvgIpc) is 3.37. The molecule has 0 fully saturated rings. The van der Waals surface area contributed by atoms with Gasteiger partial charge in [-0.3, -0.25) is 5.10 Å². The lowest BCUT2D eigenvalue weighted by molar-refractivity contribution is -0.274. The van der Waals surface area contributed by atoms with Gasteiger partial charge in [0, 0.05) is 24.8 Å². The zero-order valence-corrected chi connectivity index (χ0v) is 20.9. The van der Waals surface area contributed by atoms with E-state index in [0.717, 1.165) is 35.4 Å². The highest BCUT2D eigenvalue weighted by Gasteiger charge is 2.31. The summed E-state index contributed by atoms with van der Waals surface area (Å²) in [5.41, 5.74) is 3.18. The van der Waals surface area contributed by atoms with Gasteiger partial charge in [0.15, 0.2) is 0 Å². The minimum absolute atomic E-state index is 0.177. The van der Waals surface area contributed by atoms with Gasteiger partial charge in [-0.2, -0.15) is 10.2 Å². The standard InChI is InChI=1S/C26H28F3N5O5/c27-26(28,29)39-21-8-17(7-18(9-21)16-35)13-30-3-1-2-4-37-5-6-38-24-11-19(10-23-22(24)15-32-33-23)20-12-25(36)34-31-14-20/h7-12,14-15,30,35H,1-6,13,16H2,(H,32,33)(H,34,36). The molecule has 0 saturated heterocycles. The summed E-state index contributed by atoms with van der Waals surface area (Å²) >= 11 is 0. The number of halogens is 3. The van der Waals surface area contributed by atoms with Crippen LogP contribution in [0, 0.1) is 0 Å². The third-order valence-corrected chi connectivity index (χ3v) is 5.64. The Hall–Kier alpha value is -3.94. The van der Waals surface area contributed by atoms with Gasteiger partial charge >= 0.3 is 6.36 Å². The first kappa shape index (κ1) is 28.1. The number of nitrogens with one attached hydrogen (secondary N) is 2. The Kier molecular flexibility index (Phi) is 9.52. The summed E-state index contributed by atoms with van der Waals surface area (Å²) in [5.74, 6) is 0.0913. The maximum Gasteiger partial charge on any atom is 0.573 e. The summed E-state index contributed by atoms with van der Waals surface area (Å²) in [5, 5.41) is 37.2. The second-order valence-corrected chi connectivity index (χ2v) is 8.64. The molecule has 0 unspecified atom stereocenters. The summed E-state index contributed by atoms with van der Waals surface area (Å²) in [4.78, 5) is 0. The zero-order chi connectivity index (χ0) is 27.7. The monoisotopic (exact) mass is 547 g/mol. The van der Waals surface area contributed by atoms with E-state index in [2.05, 4.69) is 30.4 Å². The molecule has 0 aliphatic carbocycles. The highest BCUT2D eigenvalue weighted by molar-refractivity contribution is 5.89. The number of aromatic amines is 1. The van der Waals surface area contributed by atoms with Crippen LogP contribution in [-0.4, -0.2) is 63.3 Å². The van der Waals surface area contributed by atoms with E-state index < -0.39 is 6.36 Å². The van der Waals surface area contributed by atoms with Crippen LogP contribution in [0.1, 0.15) is 24.0 Å². The maximum atomic E-state index is 12.5. The predicted octanol–water partition coefficient (Wildman–Crippen LogP) is 4.08. The van der Waals surface area contributed by atoms with Gasteiger partial charge in [-0.15, -0.1) is 18.3 Å². The summed E-state index contributed by atoms with van der Waals surface area (Å²) in [7, 11) is 0. The van der Waals surface area contributed by atoms with Gasteiger partial charge in [-0.1, -0.05) is 6.07 Å². The second-order valence-electron chi connectivity index (χ2n) is 8.64. The predicted molar refractivity (Wildman–Crippen MR) is 135 cm³/mol. The molecule has 4 aromatic rings. The van der Waals surface area contributed by atoms with Crippen molar-refractivity contribution < 1.29 is 37.6 Å². The van der Waals surface area contributed by atoms with Gasteiger partial charge in [0.25, 0.3) is 0 Å². The first-order valence-corrected chi connectivity index (χ1v) is 12.2. The van der Waals surface area contributed by atoms with E-state index in [1.165, 1.54) is 12.1 Å². The number of aliphatic hydroxyl groups is 1. The number of H-pyrrole nitrogens is 1. The molecule has 0 saturated carbocycles. The van der Waals surface area contributed by atoms with Gasteiger partial charge < -0.3 is 29.7 Å². The number of nitrogens with zero attached hydrogens (tertiary/aromatic N) is 3. The van der Waals surface area contributed by atoms with E-state index in [0.29, 0.717) is 55.4 Å². The highest BCUT2D eigenvalue weighted by Crippen LogP contribution is 2.32. The fraction of sp³-hybridized carbons (Fsp3) is 0.346. The van der Waals surface area contributed by atoms with E-state index in [1.54, 1.807) is 18.5 Å².